The van der Waals surface area contributed by atoms with Gasteiger partial charge in [0.05, 0.1) is 17.9 Å². The molecule has 0 aliphatic rings. The third-order valence-corrected chi connectivity index (χ3v) is 2.44. The van der Waals surface area contributed by atoms with E-state index in [4.69, 9.17) is 5.73 Å². The number of amides is 1. The minimum Gasteiger partial charge on any atom is -0.322 e. The molecule has 0 unspecified atom stereocenters. The highest BCUT2D eigenvalue weighted by Gasteiger charge is 2.27. The maximum atomic E-state index is 11.8. The molecular weight excluding hydrogens is 204 g/mol. The Morgan fingerprint density at radius 2 is 2.25 bits per heavy atom. The summed E-state index contributed by atoms with van der Waals surface area (Å²) in [6, 6.07) is -0.530. The van der Waals surface area contributed by atoms with Crippen LogP contribution in [0.25, 0.3) is 0 Å². The van der Waals surface area contributed by atoms with Crippen LogP contribution < -0.4 is 11.1 Å². The standard InChI is InChI=1S/C11H20N4O/c1-5-15-7-8(6-13-15)14-10(16)9(12)11(2,3)4/h6-7,9H,5,12H2,1-4H3,(H,14,16)/t9-/m0/s1. The lowest BCUT2D eigenvalue weighted by atomic mass is 9.87. The van der Waals surface area contributed by atoms with Crippen LogP contribution >= 0.6 is 0 Å². The van der Waals surface area contributed by atoms with E-state index in [0.717, 1.165) is 6.54 Å². The minimum absolute atomic E-state index is 0.178. The number of rotatable bonds is 3. The van der Waals surface area contributed by atoms with Gasteiger partial charge in [-0.05, 0) is 12.3 Å². The summed E-state index contributed by atoms with van der Waals surface area (Å²) in [6.45, 7) is 8.58. The van der Waals surface area contributed by atoms with Crippen LogP contribution in [0.5, 0.6) is 0 Å². The first-order valence-corrected chi connectivity index (χ1v) is 5.43. The average molecular weight is 224 g/mol. The highest BCUT2D eigenvalue weighted by molar-refractivity contribution is 5.94. The third-order valence-electron chi connectivity index (χ3n) is 2.44. The van der Waals surface area contributed by atoms with E-state index in [1.54, 1.807) is 17.1 Å². The number of aryl methyl sites for hydroxylation is 1. The Labute approximate surface area is 96.0 Å². The third kappa shape index (κ3) is 3.06. The van der Waals surface area contributed by atoms with E-state index in [9.17, 15) is 4.79 Å². The molecule has 0 bridgehead atoms. The number of nitrogens with two attached hydrogens (primary N) is 1. The number of aromatic nitrogens is 2. The Hall–Kier alpha value is -1.36. The van der Waals surface area contributed by atoms with E-state index in [1.165, 1.54) is 0 Å². The Morgan fingerprint density at radius 3 is 2.69 bits per heavy atom. The number of nitrogens with one attached hydrogen (secondary N) is 1. The average Bonchev–Trinajstić information content (AvgIpc) is 2.63. The molecule has 0 aliphatic heterocycles. The minimum atomic E-state index is -0.530. The zero-order valence-corrected chi connectivity index (χ0v) is 10.3. The van der Waals surface area contributed by atoms with Crippen molar-refractivity contribution in [2.75, 3.05) is 5.32 Å². The van der Waals surface area contributed by atoms with Crippen molar-refractivity contribution in [1.29, 1.82) is 0 Å². The lowest BCUT2D eigenvalue weighted by Crippen LogP contribution is -2.45. The molecule has 0 radical (unpaired) electrons. The lowest BCUT2D eigenvalue weighted by Gasteiger charge is -2.25. The van der Waals surface area contributed by atoms with Gasteiger partial charge >= 0.3 is 0 Å². The van der Waals surface area contributed by atoms with Crippen LogP contribution in [0, 0.1) is 5.41 Å². The molecule has 1 amide bonds. The number of carbonyl (C=O) groups is 1. The summed E-state index contributed by atoms with van der Waals surface area (Å²) in [7, 11) is 0. The van der Waals surface area contributed by atoms with Gasteiger partial charge < -0.3 is 11.1 Å². The van der Waals surface area contributed by atoms with Gasteiger partial charge in [-0.25, -0.2) is 0 Å². The predicted molar refractivity (Wildman–Crippen MR) is 64.0 cm³/mol. The summed E-state index contributed by atoms with van der Waals surface area (Å²) in [5.74, 6) is -0.178. The first kappa shape index (κ1) is 12.7. The van der Waals surface area contributed by atoms with Crippen molar-refractivity contribution >= 4 is 11.6 Å². The van der Waals surface area contributed by atoms with Crippen LogP contribution in [0.2, 0.25) is 0 Å². The highest BCUT2D eigenvalue weighted by atomic mass is 16.2. The van der Waals surface area contributed by atoms with Crippen LogP contribution in [0.15, 0.2) is 12.4 Å². The van der Waals surface area contributed by atoms with E-state index in [-0.39, 0.29) is 11.3 Å². The molecular formula is C11H20N4O. The molecule has 3 N–H and O–H groups in total. The maximum absolute atomic E-state index is 11.8. The van der Waals surface area contributed by atoms with Crippen LogP contribution in [0.1, 0.15) is 27.7 Å². The van der Waals surface area contributed by atoms with Gasteiger partial charge in [0, 0.05) is 12.7 Å². The van der Waals surface area contributed by atoms with Gasteiger partial charge in [-0.15, -0.1) is 0 Å². The molecule has 1 aromatic heterocycles. The van der Waals surface area contributed by atoms with Crippen LogP contribution in [0.4, 0.5) is 5.69 Å². The normalized spacial score (nSPS) is 13.6. The molecule has 1 heterocycles. The summed E-state index contributed by atoms with van der Waals surface area (Å²) >= 11 is 0. The molecule has 1 aromatic rings. The van der Waals surface area contributed by atoms with Crippen LogP contribution in [0.3, 0.4) is 0 Å². The Balaban J connectivity index is 2.64. The molecule has 0 saturated heterocycles. The molecule has 1 atom stereocenters. The number of carbonyl (C=O) groups excluding carboxylic acids is 1. The maximum Gasteiger partial charge on any atom is 0.241 e. The fraction of sp³-hybridized carbons (Fsp3) is 0.636. The van der Waals surface area contributed by atoms with E-state index < -0.39 is 6.04 Å². The molecule has 16 heavy (non-hydrogen) atoms. The lowest BCUT2D eigenvalue weighted by molar-refractivity contribution is -0.119. The Morgan fingerprint density at radius 1 is 1.62 bits per heavy atom. The molecule has 0 saturated carbocycles. The summed E-state index contributed by atoms with van der Waals surface area (Å²) in [5, 5.41) is 6.83. The van der Waals surface area contributed by atoms with E-state index in [2.05, 4.69) is 10.4 Å². The first-order chi connectivity index (χ1) is 7.34. The van der Waals surface area contributed by atoms with Crippen molar-refractivity contribution in [1.82, 2.24) is 9.78 Å². The van der Waals surface area contributed by atoms with Crippen molar-refractivity contribution in [2.45, 2.75) is 40.3 Å². The van der Waals surface area contributed by atoms with Gasteiger partial charge in [0.25, 0.3) is 0 Å². The topological polar surface area (TPSA) is 72.9 Å². The van der Waals surface area contributed by atoms with Gasteiger partial charge in [0.2, 0.25) is 5.91 Å². The van der Waals surface area contributed by atoms with Crippen LogP contribution in [-0.2, 0) is 11.3 Å². The Bertz CT molecular complexity index is 364. The van der Waals surface area contributed by atoms with Crippen LogP contribution in [-0.4, -0.2) is 21.7 Å². The van der Waals surface area contributed by atoms with E-state index in [1.807, 2.05) is 27.7 Å². The molecule has 90 valence electrons. The second-order valence-electron chi connectivity index (χ2n) is 4.92. The van der Waals surface area contributed by atoms with Gasteiger partial charge in [-0.3, -0.25) is 9.48 Å². The number of hydrogen-bond donors (Lipinski definition) is 2. The molecule has 1 rings (SSSR count). The fourth-order valence-corrected chi connectivity index (χ4v) is 1.21. The molecule has 0 spiro atoms. The smallest absolute Gasteiger partial charge is 0.241 e. The number of hydrogen-bond acceptors (Lipinski definition) is 3. The first-order valence-electron chi connectivity index (χ1n) is 5.43. The Kier molecular flexibility index (Phi) is 3.70. The van der Waals surface area contributed by atoms with Crippen molar-refractivity contribution in [2.24, 2.45) is 11.1 Å². The van der Waals surface area contributed by atoms with Crippen molar-refractivity contribution in [3.63, 3.8) is 0 Å². The van der Waals surface area contributed by atoms with Gasteiger partial charge in [0.1, 0.15) is 0 Å². The van der Waals surface area contributed by atoms with E-state index in [0.29, 0.717) is 5.69 Å². The van der Waals surface area contributed by atoms with Crippen molar-refractivity contribution < 1.29 is 4.79 Å². The second kappa shape index (κ2) is 4.65. The predicted octanol–water partition coefficient (Wildman–Crippen LogP) is 1.21. The summed E-state index contributed by atoms with van der Waals surface area (Å²) in [5.41, 5.74) is 6.28. The van der Waals surface area contributed by atoms with Gasteiger partial charge in [0.15, 0.2) is 0 Å². The zero-order valence-electron chi connectivity index (χ0n) is 10.3. The van der Waals surface area contributed by atoms with Gasteiger partial charge in [-0.1, -0.05) is 20.8 Å². The zero-order chi connectivity index (χ0) is 12.3. The second-order valence-corrected chi connectivity index (χ2v) is 4.92. The largest absolute Gasteiger partial charge is 0.322 e. The fourth-order valence-electron chi connectivity index (χ4n) is 1.21. The summed E-state index contributed by atoms with van der Waals surface area (Å²) in [4.78, 5) is 11.8. The number of anilines is 1. The molecule has 0 aromatic carbocycles. The molecule has 0 aliphatic carbocycles. The molecule has 5 heteroatoms. The van der Waals surface area contributed by atoms with Crippen molar-refractivity contribution in [3.05, 3.63) is 12.4 Å². The van der Waals surface area contributed by atoms with Crippen molar-refractivity contribution in [3.8, 4) is 0 Å². The molecule has 0 fully saturated rings. The summed E-state index contributed by atoms with van der Waals surface area (Å²) < 4.78 is 1.75. The van der Waals surface area contributed by atoms with Gasteiger partial charge in [-0.2, -0.15) is 5.10 Å². The number of nitrogens with zero attached hydrogens (tertiary/aromatic N) is 2. The monoisotopic (exact) mass is 224 g/mol. The quantitative estimate of drug-likeness (QED) is 0.810. The highest BCUT2D eigenvalue weighted by Crippen LogP contribution is 2.18. The SMILES string of the molecule is CCn1cc(NC(=O)[C@H](N)C(C)(C)C)cn1. The summed E-state index contributed by atoms with van der Waals surface area (Å²) in [6.07, 6.45) is 3.41. The molecule has 5 nitrogen and oxygen atoms in total. The van der Waals surface area contributed by atoms with E-state index >= 15 is 0 Å².